The molecule has 0 heterocycles. The van der Waals surface area contributed by atoms with E-state index >= 15 is 0 Å². The van der Waals surface area contributed by atoms with Crippen molar-refractivity contribution in [3.63, 3.8) is 0 Å². The molecule has 8 aromatic rings. The summed E-state index contributed by atoms with van der Waals surface area (Å²) in [6.07, 6.45) is 0. The van der Waals surface area contributed by atoms with E-state index in [1.54, 1.807) is 0 Å². The second-order valence-corrected chi connectivity index (χ2v) is 11.8. The highest BCUT2D eigenvalue weighted by atomic mass is 15.1. The predicted octanol–water partition coefficient (Wildman–Crippen LogP) is 13.0. The summed E-state index contributed by atoms with van der Waals surface area (Å²) >= 11 is 0. The van der Waals surface area contributed by atoms with Crippen molar-refractivity contribution in [2.24, 2.45) is 0 Å². The smallest absolute Gasteiger partial charge is 0.0474 e. The van der Waals surface area contributed by atoms with Gasteiger partial charge in [0.05, 0.1) is 0 Å². The fourth-order valence-corrected chi connectivity index (χ4v) is 6.45. The summed E-state index contributed by atoms with van der Waals surface area (Å²) in [5.41, 5.74) is 13.0. The van der Waals surface area contributed by atoms with Crippen LogP contribution in [0.1, 0.15) is 0 Å². The fraction of sp³-hybridized carbons (Fsp3) is 0. The Bertz CT molecular complexity index is 2150. The maximum absolute atomic E-state index is 2.37. The largest absolute Gasteiger partial charge is 0.310 e. The van der Waals surface area contributed by atoms with E-state index in [0.29, 0.717) is 0 Å². The second kappa shape index (κ2) is 12.7. The zero-order valence-corrected chi connectivity index (χ0v) is 26.0. The number of hydrogen-bond donors (Lipinski definition) is 0. The molecule has 0 saturated carbocycles. The highest BCUT2D eigenvalue weighted by Crippen LogP contribution is 2.41. The lowest BCUT2D eigenvalue weighted by molar-refractivity contribution is 1.29. The molecule has 0 spiro atoms. The maximum Gasteiger partial charge on any atom is 0.0474 e. The normalized spacial score (nSPS) is 11.0. The molecule has 8 rings (SSSR count). The van der Waals surface area contributed by atoms with Gasteiger partial charge in [-0.15, -0.1) is 0 Å². The van der Waals surface area contributed by atoms with Gasteiger partial charge in [0.1, 0.15) is 0 Å². The molecule has 47 heavy (non-hydrogen) atoms. The molecule has 0 unspecified atom stereocenters. The van der Waals surface area contributed by atoms with Gasteiger partial charge < -0.3 is 4.90 Å². The molecule has 0 bridgehead atoms. The highest BCUT2D eigenvalue weighted by molar-refractivity contribution is 6.01. The summed E-state index contributed by atoms with van der Waals surface area (Å²) in [5.74, 6) is 0. The van der Waals surface area contributed by atoms with E-state index in [4.69, 9.17) is 0 Å². The molecule has 222 valence electrons. The third-order valence-corrected chi connectivity index (χ3v) is 8.87. The Morgan fingerprint density at radius 3 is 1.09 bits per heavy atom. The molecule has 0 amide bonds. The first-order chi connectivity index (χ1) is 23.3. The maximum atomic E-state index is 2.37. The van der Waals surface area contributed by atoms with Gasteiger partial charge >= 0.3 is 0 Å². The van der Waals surface area contributed by atoms with Gasteiger partial charge in [-0.25, -0.2) is 0 Å². The SMILES string of the molecule is c1ccc(-c2ccc(-c3cc(N(c4ccc(-c5ccccc5)cc4)c4ccc(-c5ccccc5)cc4)cc4ccccc34)cc2)cc1. The van der Waals surface area contributed by atoms with Crippen LogP contribution in [0.5, 0.6) is 0 Å². The number of nitrogens with zero attached hydrogens (tertiary/aromatic N) is 1. The molecule has 0 N–H and O–H groups in total. The van der Waals surface area contributed by atoms with E-state index < -0.39 is 0 Å². The summed E-state index contributed by atoms with van der Waals surface area (Å²) in [5, 5.41) is 2.45. The lowest BCUT2D eigenvalue weighted by Gasteiger charge is -2.27. The minimum Gasteiger partial charge on any atom is -0.310 e. The molecule has 0 fully saturated rings. The van der Waals surface area contributed by atoms with Crippen molar-refractivity contribution in [2.75, 3.05) is 4.90 Å². The van der Waals surface area contributed by atoms with Crippen LogP contribution in [0.25, 0.3) is 55.3 Å². The number of benzene rings is 8. The molecule has 1 nitrogen and oxygen atoms in total. The molecular formula is C46H33N. The first-order valence-electron chi connectivity index (χ1n) is 16.1. The number of hydrogen-bond acceptors (Lipinski definition) is 1. The predicted molar refractivity (Wildman–Crippen MR) is 200 cm³/mol. The second-order valence-electron chi connectivity index (χ2n) is 11.8. The van der Waals surface area contributed by atoms with E-state index in [-0.39, 0.29) is 0 Å². The average Bonchev–Trinajstić information content (AvgIpc) is 3.16. The molecule has 1 heteroatoms. The quantitative estimate of drug-likeness (QED) is 0.176. The summed E-state index contributed by atoms with van der Waals surface area (Å²) < 4.78 is 0. The van der Waals surface area contributed by atoms with E-state index in [2.05, 4.69) is 205 Å². The van der Waals surface area contributed by atoms with E-state index in [1.165, 1.54) is 55.3 Å². The third-order valence-electron chi connectivity index (χ3n) is 8.87. The molecule has 0 atom stereocenters. The zero-order chi connectivity index (χ0) is 31.4. The first kappa shape index (κ1) is 28.3. The van der Waals surface area contributed by atoms with Crippen molar-refractivity contribution in [2.45, 2.75) is 0 Å². The van der Waals surface area contributed by atoms with Crippen LogP contribution in [0.4, 0.5) is 17.1 Å². The van der Waals surface area contributed by atoms with Gasteiger partial charge in [0.25, 0.3) is 0 Å². The van der Waals surface area contributed by atoms with Crippen LogP contribution in [0, 0.1) is 0 Å². The number of anilines is 3. The topological polar surface area (TPSA) is 3.24 Å². The monoisotopic (exact) mass is 599 g/mol. The molecule has 0 aliphatic heterocycles. The standard InChI is InChI=1S/C46H33N/c1-4-12-34(13-5-1)37-20-22-40(23-21-37)46-33-44(32-41-18-10-11-19-45(41)46)47(42-28-24-38(25-29-42)35-14-6-2-7-15-35)43-30-26-39(27-31-43)36-16-8-3-9-17-36/h1-33H. The highest BCUT2D eigenvalue weighted by Gasteiger charge is 2.17. The van der Waals surface area contributed by atoms with Crippen molar-refractivity contribution in [1.82, 2.24) is 0 Å². The van der Waals surface area contributed by atoms with Crippen LogP contribution in [-0.2, 0) is 0 Å². The molecule has 0 radical (unpaired) electrons. The van der Waals surface area contributed by atoms with E-state index in [9.17, 15) is 0 Å². The van der Waals surface area contributed by atoms with E-state index in [1.807, 2.05) is 0 Å². The van der Waals surface area contributed by atoms with Crippen LogP contribution in [0.2, 0.25) is 0 Å². The number of rotatable bonds is 7. The zero-order valence-electron chi connectivity index (χ0n) is 26.0. The van der Waals surface area contributed by atoms with Gasteiger partial charge in [-0.05, 0) is 91.7 Å². The van der Waals surface area contributed by atoms with Crippen molar-refractivity contribution < 1.29 is 0 Å². The van der Waals surface area contributed by atoms with Gasteiger partial charge in [-0.3, -0.25) is 0 Å². The Hall–Kier alpha value is -6.18. The Morgan fingerprint density at radius 2 is 0.617 bits per heavy atom. The van der Waals surface area contributed by atoms with Crippen molar-refractivity contribution >= 4 is 27.8 Å². The van der Waals surface area contributed by atoms with E-state index in [0.717, 1.165) is 17.1 Å². The third kappa shape index (κ3) is 5.83. The molecule has 0 aliphatic rings. The molecule has 0 saturated heterocycles. The van der Waals surface area contributed by atoms with Crippen LogP contribution >= 0.6 is 0 Å². The van der Waals surface area contributed by atoms with Crippen molar-refractivity contribution in [3.8, 4) is 44.5 Å². The lowest BCUT2D eigenvalue weighted by atomic mass is 9.95. The van der Waals surface area contributed by atoms with Gasteiger partial charge in [0.2, 0.25) is 0 Å². The summed E-state index contributed by atoms with van der Waals surface area (Å²) in [6.45, 7) is 0. The van der Waals surface area contributed by atoms with Crippen molar-refractivity contribution in [3.05, 3.63) is 200 Å². The van der Waals surface area contributed by atoms with Gasteiger partial charge in [0, 0.05) is 17.1 Å². The fourth-order valence-electron chi connectivity index (χ4n) is 6.45. The van der Waals surface area contributed by atoms with Crippen molar-refractivity contribution in [1.29, 1.82) is 0 Å². The lowest BCUT2D eigenvalue weighted by Crippen LogP contribution is -2.10. The van der Waals surface area contributed by atoms with Crippen LogP contribution in [-0.4, -0.2) is 0 Å². The molecular weight excluding hydrogens is 567 g/mol. The Kier molecular flexibility index (Phi) is 7.63. The van der Waals surface area contributed by atoms with Crippen LogP contribution in [0.15, 0.2) is 200 Å². The molecule has 0 aliphatic carbocycles. The number of fused-ring (bicyclic) bond motifs is 1. The van der Waals surface area contributed by atoms with Gasteiger partial charge in [-0.1, -0.05) is 164 Å². The van der Waals surface area contributed by atoms with Crippen LogP contribution < -0.4 is 4.90 Å². The average molecular weight is 600 g/mol. The first-order valence-corrected chi connectivity index (χ1v) is 16.1. The summed E-state index contributed by atoms with van der Waals surface area (Å²) in [6, 6.07) is 71.8. The minimum absolute atomic E-state index is 1.11. The summed E-state index contributed by atoms with van der Waals surface area (Å²) in [4.78, 5) is 2.37. The Balaban J connectivity index is 1.26. The minimum atomic E-state index is 1.11. The molecule has 8 aromatic carbocycles. The Labute approximate surface area is 276 Å². The Morgan fingerprint density at radius 1 is 0.255 bits per heavy atom. The van der Waals surface area contributed by atoms with Gasteiger partial charge in [-0.2, -0.15) is 0 Å². The molecule has 0 aromatic heterocycles. The van der Waals surface area contributed by atoms with Crippen LogP contribution in [0.3, 0.4) is 0 Å². The van der Waals surface area contributed by atoms with Gasteiger partial charge in [0.15, 0.2) is 0 Å². The summed E-state index contributed by atoms with van der Waals surface area (Å²) in [7, 11) is 0.